The van der Waals surface area contributed by atoms with Crippen LogP contribution in [0.1, 0.15) is 20.4 Å². The Bertz CT molecular complexity index is 1050. The number of nitrogens with zero attached hydrogens (tertiary/aromatic N) is 2. The van der Waals surface area contributed by atoms with E-state index in [9.17, 15) is 9.90 Å². The maximum absolute atomic E-state index is 12.3. The van der Waals surface area contributed by atoms with Crippen LogP contribution >= 0.6 is 46.1 Å². The van der Waals surface area contributed by atoms with Gasteiger partial charge in [-0.3, -0.25) is 4.79 Å². The number of aromatic nitrogens is 2. The molecule has 0 radical (unpaired) electrons. The van der Waals surface area contributed by atoms with Gasteiger partial charge >= 0.3 is 0 Å². The van der Waals surface area contributed by atoms with Crippen LogP contribution in [0.25, 0.3) is 11.1 Å². The Morgan fingerprint density at radius 3 is 2.54 bits per heavy atom. The summed E-state index contributed by atoms with van der Waals surface area (Å²) in [6, 6.07) is 9.78. The van der Waals surface area contributed by atoms with Gasteiger partial charge in [-0.1, -0.05) is 46.1 Å². The fourth-order valence-corrected chi connectivity index (χ4v) is 3.44. The number of aromatic hydroxyl groups is 1. The number of carbonyl (C=O) groups excluding carboxylic acids is 1. The number of phenols is 1. The minimum Gasteiger partial charge on any atom is -0.503 e. The zero-order valence-electron chi connectivity index (χ0n) is 14.2. The Morgan fingerprint density at radius 2 is 1.86 bits per heavy atom. The van der Waals surface area contributed by atoms with E-state index in [2.05, 4.69) is 15.5 Å². The molecule has 0 spiro atoms. The van der Waals surface area contributed by atoms with Crippen molar-refractivity contribution in [2.24, 2.45) is 0 Å². The van der Waals surface area contributed by atoms with Crippen molar-refractivity contribution in [3.05, 3.63) is 62.0 Å². The number of hydrogen-bond donors (Lipinski definition) is 2. The van der Waals surface area contributed by atoms with Gasteiger partial charge in [-0.2, -0.15) is 0 Å². The molecular formula is C18H12Cl3N3O3S. The molecule has 10 heteroatoms. The fourth-order valence-electron chi connectivity index (χ4n) is 2.17. The van der Waals surface area contributed by atoms with Gasteiger partial charge in [-0.05, 0) is 48.0 Å². The lowest BCUT2D eigenvalue weighted by molar-refractivity contribution is 0.102. The third-order valence-electron chi connectivity index (χ3n) is 3.49. The normalized spacial score (nSPS) is 11.4. The number of nitrogens with one attached hydrogen (secondary N) is 1. The highest BCUT2D eigenvalue weighted by Gasteiger charge is 2.15. The van der Waals surface area contributed by atoms with E-state index in [4.69, 9.17) is 39.5 Å². The van der Waals surface area contributed by atoms with Crippen molar-refractivity contribution in [3.8, 4) is 11.5 Å². The number of benzene rings is 2. The van der Waals surface area contributed by atoms with Crippen molar-refractivity contribution in [2.75, 3.05) is 12.4 Å². The lowest BCUT2D eigenvalue weighted by Gasteiger charge is -2.06. The van der Waals surface area contributed by atoms with Crippen LogP contribution in [0.3, 0.4) is 0 Å². The van der Waals surface area contributed by atoms with E-state index < -0.39 is 5.91 Å². The van der Waals surface area contributed by atoms with Gasteiger partial charge in [0.15, 0.2) is 16.5 Å². The molecule has 1 amide bonds. The predicted molar refractivity (Wildman–Crippen MR) is 113 cm³/mol. The number of anilines is 1. The highest BCUT2D eigenvalue weighted by molar-refractivity contribution is 7.15. The van der Waals surface area contributed by atoms with E-state index in [0.29, 0.717) is 21.3 Å². The van der Waals surface area contributed by atoms with Crippen LogP contribution in [-0.2, 0) is 0 Å². The van der Waals surface area contributed by atoms with Crippen molar-refractivity contribution in [1.82, 2.24) is 10.2 Å². The van der Waals surface area contributed by atoms with Crippen molar-refractivity contribution in [2.45, 2.75) is 0 Å². The Balaban J connectivity index is 1.79. The van der Waals surface area contributed by atoms with E-state index in [-0.39, 0.29) is 26.6 Å². The molecule has 6 nitrogen and oxygen atoms in total. The Morgan fingerprint density at radius 1 is 1.18 bits per heavy atom. The Kier molecular flexibility index (Phi) is 6.41. The third kappa shape index (κ3) is 4.74. The molecule has 0 atom stereocenters. The summed E-state index contributed by atoms with van der Waals surface area (Å²) in [5.41, 5.74) is 1.17. The summed E-state index contributed by atoms with van der Waals surface area (Å²) >= 11 is 19.1. The summed E-state index contributed by atoms with van der Waals surface area (Å²) in [5.74, 6) is -0.358. The minimum absolute atomic E-state index is 0.121. The van der Waals surface area contributed by atoms with Gasteiger partial charge in [0, 0.05) is 10.7 Å². The highest BCUT2D eigenvalue weighted by atomic mass is 35.5. The number of amides is 1. The van der Waals surface area contributed by atoms with Crippen LogP contribution in [0, 0.1) is 0 Å². The highest BCUT2D eigenvalue weighted by Crippen LogP contribution is 2.36. The maximum Gasteiger partial charge on any atom is 0.286 e. The molecule has 0 bridgehead atoms. The van der Waals surface area contributed by atoms with Crippen LogP contribution in [0.5, 0.6) is 11.5 Å². The summed E-state index contributed by atoms with van der Waals surface area (Å²) in [5, 5.41) is 21.8. The van der Waals surface area contributed by atoms with Gasteiger partial charge < -0.3 is 15.2 Å². The largest absolute Gasteiger partial charge is 0.503 e. The number of hydrogen-bond acceptors (Lipinski definition) is 6. The van der Waals surface area contributed by atoms with E-state index >= 15 is 0 Å². The van der Waals surface area contributed by atoms with Gasteiger partial charge in [0.2, 0.25) is 5.01 Å². The minimum atomic E-state index is -0.412. The number of methoxy groups -OCH3 is 1. The second-order valence-corrected chi connectivity index (χ2v) is 7.65. The molecule has 3 rings (SSSR count). The van der Waals surface area contributed by atoms with Gasteiger partial charge in [0.25, 0.3) is 5.91 Å². The van der Waals surface area contributed by atoms with E-state index in [1.165, 1.54) is 13.2 Å². The molecule has 0 unspecified atom stereocenters. The molecule has 0 fully saturated rings. The lowest BCUT2D eigenvalue weighted by atomic mass is 10.2. The monoisotopic (exact) mass is 455 g/mol. The number of carbonyl (C=O) groups is 1. The first kappa shape index (κ1) is 20.4. The van der Waals surface area contributed by atoms with E-state index in [1.807, 2.05) is 0 Å². The zero-order chi connectivity index (χ0) is 20.3. The van der Waals surface area contributed by atoms with Crippen LogP contribution < -0.4 is 10.1 Å². The molecule has 0 saturated heterocycles. The van der Waals surface area contributed by atoms with Crippen molar-refractivity contribution >= 4 is 68.8 Å². The molecule has 28 heavy (non-hydrogen) atoms. The zero-order valence-corrected chi connectivity index (χ0v) is 17.3. The summed E-state index contributed by atoms with van der Waals surface area (Å²) in [4.78, 5) is 12.3. The molecule has 0 aliphatic carbocycles. The number of halogens is 3. The van der Waals surface area contributed by atoms with Crippen LogP contribution in [0.15, 0.2) is 36.4 Å². The van der Waals surface area contributed by atoms with Gasteiger partial charge in [0.05, 0.1) is 17.2 Å². The summed E-state index contributed by atoms with van der Waals surface area (Å²) < 4.78 is 5.06. The molecule has 1 aromatic heterocycles. The standard InChI is InChI=1S/C18H12Cl3N3O3S/c1-27-14-8-9(6-12(20)15(14)25)7-13(21)17-23-24-18(28-17)16(26)22-11-4-2-10(19)3-5-11/h2-8,25H,1H3,(H,22,26)/b13-7-. The quantitative estimate of drug-likeness (QED) is 0.526. The predicted octanol–water partition coefficient (Wildman–Crippen LogP) is 5.55. The Hall–Kier alpha value is -2.32. The molecule has 2 N–H and O–H groups in total. The molecule has 0 aliphatic rings. The first-order valence-corrected chi connectivity index (χ1v) is 9.67. The average molecular weight is 457 g/mol. The fraction of sp³-hybridized carbons (Fsp3) is 0.0556. The van der Waals surface area contributed by atoms with Crippen molar-refractivity contribution in [3.63, 3.8) is 0 Å². The van der Waals surface area contributed by atoms with Crippen LogP contribution in [-0.4, -0.2) is 28.3 Å². The van der Waals surface area contributed by atoms with Crippen molar-refractivity contribution in [1.29, 1.82) is 0 Å². The second kappa shape index (κ2) is 8.79. The molecule has 0 saturated carbocycles. The first-order chi connectivity index (χ1) is 13.4. The number of rotatable bonds is 5. The molecule has 2 aromatic carbocycles. The van der Waals surface area contributed by atoms with Crippen LogP contribution in [0.2, 0.25) is 10.0 Å². The lowest BCUT2D eigenvalue weighted by Crippen LogP contribution is -2.11. The third-order valence-corrected chi connectivity index (χ3v) is 5.39. The molecule has 3 aromatic rings. The summed E-state index contributed by atoms with van der Waals surface area (Å²) in [6.45, 7) is 0. The van der Waals surface area contributed by atoms with Gasteiger partial charge in [0.1, 0.15) is 0 Å². The molecule has 144 valence electrons. The van der Waals surface area contributed by atoms with Gasteiger partial charge in [-0.15, -0.1) is 10.2 Å². The molecular weight excluding hydrogens is 445 g/mol. The summed E-state index contributed by atoms with van der Waals surface area (Å²) in [6.07, 6.45) is 1.58. The summed E-state index contributed by atoms with van der Waals surface area (Å²) in [7, 11) is 1.41. The molecule has 1 heterocycles. The van der Waals surface area contributed by atoms with E-state index in [1.54, 1.807) is 36.4 Å². The second-order valence-electron chi connectivity index (χ2n) is 5.42. The Labute approximate surface area is 179 Å². The van der Waals surface area contributed by atoms with E-state index in [0.717, 1.165) is 11.3 Å². The SMILES string of the molecule is COc1cc(/C=C(\Cl)c2nnc(C(=O)Nc3ccc(Cl)cc3)s2)cc(Cl)c1O. The smallest absolute Gasteiger partial charge is 0.286 e. The maximum atomic E-state index is 12.3. The topological polar surface area (TPSA) is 84.3 Å². The number of phenolic OH excluding ortho intramolecular Hbond substituents is 1. The van der Waals surface area contributed by atoms with Gasteiger partial charge in [-0.25, -0.2) is 0 Å². The first-order valence-electron chi connectivity index (χ1n) is 7.72. The average Bonchev–Trinajstić information content (AvgIpc) is 3.17. The molecule has 0 aliphatic heterocycles. The number of ether oxygens (including phenoxy) is 1. The van der Waals surface area contributed by atoms with Crippen LogP contribution in [0.4, 0.5) is 5.69 Å². The van der Waals surface area contributed by atoms with Crippen molar-refractivity contribution < 1.29 is 14.6 Å².